The number of sulfonamides is 1. The fraction of sp³-hybridized carbons (Fsp3) is 0.500. The Balaban J connectivity index is 2.11. The molecule has 1 fully saturated rings. The predicted octanol–water partition coefficient (Wildman–Crippen LogP) is 1.26. The molecule has 2 N–H and O–H groups in total. The number of carbonyl (C=O) groups excluding carboxylic acids is 1. The number of thiophene rings is 1. The van der Waals surface area contributed by atoms with Crippen LogP contribution in [-0.2, 0) is 14.8 Å². The molecule has 0 aliphatic heterocycles. The quantitative estimate of drug-likeness (QED) is 0.589. The maximum absolute atomic E-state index is 12.1. The van der Waals surface area contributed by atoms with E-state index >= 15 is 0 Å². The summed E-state index contributed by atoms with van der Waals surface area (Å²) in [6.07, 6.45) is 1.77. The lowest BCUT2D eigenvalue weighted by Crippen LogP contribution is -2.45. The average Bonchev–Trinajstić information content (AvgIpc) is 3.07. The highest BCUT2D eigenvalue weighted by atomic mass is 35.5. The number of nitrogens with one attached hydrogen (secondary N) is 2. The molecule has 0 aromatic carbocycles. The molecule has 0 bridgehead atoms. The minimum absolute atomic E-state index is 0.113. The number of hydrogen-bond acceptors (Lipinski definition) is 6. The van der Waals surface area contributed by atoms with Crippen LogP contribution in [0.5, 0.6) is 0 Å². The number of amides is 1. The van der Waals surface area contributed by atoms with Crippen LogP contribution in [0.1, 0.15) is 19.8 Å². The van der Waals surface area contributed by atoms with Crippen molar-refractivity contribution in [1.29, 1.82) is 0 Å². The number of nitro groups is 1. The molecule has 0 radical (unpaired) electrons. The Bertz CT molecular complexity index is 683. The van der Waals surface area contributed by atoms with Crippen LogP contribution in [0.15, 0.2) is 10.3 Å². The summed E-state index contributed by atoms with van der Waals surface area (Å²) in [4.78, 5) is 21.6. The second kappa shape index (κ2) is 5.87. The lowest BCUT2D eigenvalue weighted by atomic mass is 10.3. The first kappa shape index (κ1) is 16.1. The molecule has 11 heteroatoms. The van der Waals surface area contributed by atoms with Crippen molar-refractivity contribution >= 4 is 44.6 Å². The van der Waals surface area contributed by atoms with Crippen molar-refractivity contribution in [2.45, 2.75) is 36.1 Å². The lowest BCUT2D eigenvalue weighted by Gasteiger charge is -2.13. The van der Waals surface area contributed by atoms with Gasteiger partial charge < -0.3 is 5.32 Å². The first-order chi connectivity index (χ1) is 9.70. The molecule has 1 atom stereocenters. The van der Waals surface area contributed by atoms with E-state index in [2.05, 4.69) is 10.0 Å². The SMILES string of the molecule is CC(NS(=O)(=O)c1cc([N+](=O)[O-])c(Cl)s1)C(=O)NC1CC1. The maximum atomic E-state index is 12.1. The Morgan fingerprint density at radius 1 is 1.57 bits per heavy atom. The van der Waals surface area contributed by atoms with Gasteiger partial charge in [-0.15, -0.1) is 11.3 Å². The van der Waals surface area contributed by atoms with E-state index in [9.17, 15) is 23.3 Å². The van der Waals surface area contributed by atoms with E-state index in [1.54, 1.807) is 0 Å². The Hall–Kier alpha value is -1.23. The maximum Gasteiger partial charge on any atom is 0.300 e. The molecule has 2 rings (SSSR count). The number of rotatable bonds is 6. The van der Waals surface area contributed by atoms with Crippen molar-refractivity contribution in [3.8, 4) is 0 Å². The minimum Gasteiger partial charge on any atom is -0.352 e. The van der Waals surface area contributed by atoms with E-state index < -0.39 is 32.6 Å². The van der Waals surface area contributed by atoms with Gasteiger partial charge in [0.25, 0.3) is 15.7 Å². The van der Waals surface area contributed by atoms with Gasteiger partial charge in [0.2, 0.25) is 5.91 Å². The van der Waals surface area contributed by atoms with E-state index in [0.717, 1.165) is 18.9 Å². The first-order valence-corrected chi connectivity index (χ1v) is 8.65. The second-order valence-electron chi connectivity index (χ2n) is 4.61. The minimum atomic E-state index is -4.04. The van der Waals surface area contributed by atoms with Crippen molar-refractivity contribution < 1.29 is 18.1 Å². The van der Waals surface area contributed by atoms with Gasteiger partial charge in [0.1, 0.15) is 4.21 Å². The van der Waals surface area contributed by atoms with Gasteiger partial charge in [-0.3, -0.25) is 14.9 Å². The fourth-order valence-electron chi connectivity index (χ4n) is 1.49. The van der Waals surface area contributed by atoms with Gasteiger partial charge in [-0.2, -0.15) is 4.72 Å². The molecule has 1 unspecified atom stereocenters. The van der Waals surface area contributed by atoms with Crippen LogP contribution in [0.4, 0.5) is 5.69 Å². The summed E-state index contributed by atoms with van der Waals surface area (Å²) >= 11 is 6.20. The van der Waals surface area contributed by atoms with Gasteiger partial charge in [-0.1, -0.05) is 11.6 Å². The van der Waals surface area contributed by atoms with Gasteiger partial charge in [-0.05, 0) is 19.8 Å². The monoisotopic (exact) mass is 353 g/mol. The van der Waals surface area contributed by atoms with E-state index in [0.29, 0.717) is 11.3 Å². The van der Waals surface area contributed by atoms with Crippen molar-refractivity contribution in [3.05, 3.63) is 20.5 Å². The molecular weight excluding hydrogens is 342 g/mol. The van der Waals surface area contributed by atoms with E-state index in [-0.39, 0.29) is 14.6 Å². The Morgan fingerprint density at radius 2 is 2.19 bits per heavy atom. The van der Waals surface area contributed by atoms with Gasteiger partial charge in [0, 0.05) is 12.1 Å². The van der Waals surface area contributed by atoms with E-state index in [4.69, 9.17) is 11.6 Å². The van der Waals surface area contributed by atoms with Gasteiger partial charge in [-0.25, -0.2) is 8.42 Å². The highest BCUT2D eigenvalue weighted by Crippen LogP contribution is 2.36. The number of halogens is 1. The van der Waals surface area contributed by atoms with Crippen LogP contribution in [-0.4, -0.2) is 31.3 Å². The smallest absolute Gasteiger partial charge is 0.300 e. The summed E-state index contributed by atoms with van der Waals surface area (Å²) in [5.41, 5.74) is -0.475. The highest BCUT2D eigenvalue weighted by molar-refractivity contribution is 7.91. The largest absolute Gasteiger partial charge is 0.352 e. The van der Waals surface area contributed by atoms with E-state index in [1.165, 1.54) is 6.92 Å². The molecule has 1 saturated carbocycles. The van der Waals surface area contributed by atoms with Gasteiger partial charge >= 0.3 is 0 Å². The summed E-state index contributed by atoms with van der Waals surface area (Å²) in [7, 11) is -4.04. The number of hydrogen-bond donors (Lipinski definition) is 2. The van der Waals surface area contributed by atoms with Crippen LogP contribution in [0.25, 0.3) is 0 Å². The van der Waals surface area contributed by atoms with Crippen LogP contribution in [0.2, 0.25) is 4.34 Å². The third-order valence-corrected chi connectivity index (χ3v) is 6.11. The standard InChI is InChI=1S/C10H12ClN3O5S2/c1-5(10(15)12-6-2-3-6)13-21(18,19)8-4-7(14(16)17)9(11)20-8/h4-6,13H,2-3H2,1H3,(H,12,15). The lowest BCUT2D eigenvalue weighted by molar-refractivity contribution is -0.384. The summed E-state index contributed by atoms with van der Waals surface area (Å²) in [5.74, 6) is -0.432. The van der Waals surface area contributed by atoms with Crippen LogP contribution >= 0.6 is 22.9 Å². The molecule has 1 amide bonds. The molecule has 1 aromatic heterocycles. The predicted molar refractivity (Wildman–Crippen MR) is 76.9 cm³/mol. The molecule has 1 aliphatic carbocycles. The van der Waals surface area contributed by atoms with Crippen molar-refractivity contribution in [2.24, 2.45) is 0 Å². The molecule has 1 aromatic rings. The average molecular weight is 354 g/mol. The van der Waals surface area contributed by atoms with Crippen LogP contribution in [0.3, 0.4) is 0 Å². The Labute approximate surface area is 129 Å². The molecule has 0 saturated heterocycles. The normalized spacial score (nSPS) is 16.5. The second-order valence-corrected chi connectivity index (χ2v) is 8.20. The summed E-state index contributed by atoms with van der Waals surface area (Å²) in [6.45, 7) is 1.40. The number of nitrogens with zero attached hydrogens (tertiary/aromatic N) is 1. The third-order valence-electron chi connectivity index (χ3n) is 2.76. The number of carbonyl (C=O) groups is 1. The first-order valence-electron chi connectivity index (χ1n) is 5.97. The zero-order chi connectivity index (χ0) is 15.8. The molecule has 116 valence electrons. The van der Waals surface area contributed by atoms with Crippen molar-refractivity contribution in [3.63, 3.8) is 0 Å². The zero-order valence-electron chi connectivity index (χ0n) is 10.8. The molecule has 8 nitrogen and oxygen atoms in total. The van der Waals surface area contributed by atoms with Gasteiger partial charge in [0.05, 0.1) is 11.0 Å². The Morgan fingerprint density at radius 3 is 2.67 bits per heavy atom. The van der Waals surface area contributed by atoms with Gasteiger partial charge in [0.15, 0.2) is 4.34 Å². The fourth-order valence-corrected chi connectivity index (χ4v) is 4.38. The van der Waals surface area contributed by atoms with Crippen molar-refractivity contribution in [1.82, 2.24) is 10.0 Å². The van der Waals surface area contributed by atoms with E-state index in [1.807, 2.05) is 0 Å². The summed E-state index contributed by atoms with van der Waals surface area (Å²) in [6, 6.07) is 0.0122. The topological polar surface area (TPSA) is 118 Å². The molecule has 21 heavy (non-hydrogen) atoms. The molecule has 1 aliphatic rings. The zero-order valence-corrected chi connectivity index (χ0v) is 13.2. The molecule has 0 spiro atoms. The highest BCUT2D eigenvalue weighted by Gasteiger charge is 2.30. The Kier molecular flexibility index (Phi) is 4.51. The summed E-state index contributed by atoms with van der Waals surface area (Å²) in [5, 5.41) is 13.3. The third kappa shape index (κ3) is 3.90. The molecule has 1 heterocycles. The van der Waals surface area contributed by atoms with Crippen molar-refractivity contribution in [2.75, 3.05) is 0 Å². The van der Waals surface area contributed by atoms with Crippen LogP contribution < -0.4 is 10.0 Å². The van der Waals surface area contributed by atoms with Crippen LogP contribution in [0, 0.1) is 10.1 Å². The summed E-state index contributed by atoms with van der Waals surface area (Å²) < 4.78 is 25.8. The molecular formula is C10H12ClN3O5S2.